The highest BCUT2D eigenvalue weighted by molar-refractivity contribution is 5.99. The normalized spacial score (nSPS) is 14.3. The lowest BCUT2D eigenvalue weighted by atomic mass is 10.1. The SMILES string of the molecule is CCOc1ccc(Nc2ncccc2C(=O)N(C)C2CCCC2)cc1. The quantitative estimate of drug-likeness (QED) is 0.855. The van der Waals surface area contributed by atoms with Crippen LogP contribution >= 0.6 is 0 Å². The molecule has 0 unspecified atom stereocenters. The number of aromatic nitrogens is 1. The summed E-state index contributed by atoms with van der Waals surface area (Å²) in [7, 11) is 1.89. The van der Waals surface area contributed by atoms with E-state index in [9.17, 15) is 4.79 Å². The van der Waals surface area contributed by atoms with E-state index in [0.29, 0.717) is 24.0 Å². The fraction of sp³-hybridized carbons (Fsp3) is 0.400. The Morgan fingerprint density at radius 2 is 1.96 bits per heavy atom. The lowest BCUT2D eigenvalue weighted by Crippen LogP contribution is -2.35. The van der Waals surface area contributed by atoms with E-state index in [1.165, 1.54) is 12.8 Å². The predicted octanol–water partition coefficient (Wildman–Crippen LogP) is 4.24. The summed E-state index contributed by atoms with van der Waals surface area (Å²) in [5, 5.41) is 3.25. The number of amides is 1. The summed E-state index contributed by atoms with van der Waals surface area (Å²) in [5.74, 6) is 1.43. The number of benzene rings is 1. The van der Waals surface area contributed by atoms with Gasteiger partial charge in [0.05, 0.1) is 12.2 Å². The van der Waals surface area contributed by atoms with Crippen LogP contribution in [0, 0.1) is 0 Å². The molecule has 0 saturated heterocycles. The number of carbonyl (C=O) groups excluding carboxylic acids is 1. The number of ether oxygens (including phenoxy) is 1. The third kappa shape index (κ3) is 4.10. The number of carbonyl (C=O) groups is 1. The highest BCUT2D eigenvalue weighted by Crippen LogP contribution is 2.26. The number of rotatable bonds is 6. The van der Waals surface area contributed by atoms with Crippen LogP contribution in [0.25, 0.3) is 0 Å². The van der Waals surface area contributed by atoms with E-state index in [-0.39, 0.29) is 5.91 Å². The maximum atomic E-state index is 12.9. The summed E-state index contributed by atoms with van der Waals surface area (Å²) in [5.41, 5.74) is 1.48. The van der Waals surface area contributed by atoms with Crippen LogP contribution in [0.2, 0.25) is 0 Å². The maximum Gasteiger partial charge on any atom is 0.257 e. The van der Waals surface area contributed by atoms with Gasteiger partial charge in [0.2, 0.25) is 0 Å². The molecular formula is C20H25N3O2. The molecule has 5 nitrogen and oxygen atoms in total. The van der Waals surface area contributed by atoms with E-state index in [1.54, 1.807) is 12.3 Å². The van der Waals surface area contributed by atoms with Crippen LogP contribution in [0.3, 0.4) is 0 Å². The highest BCUT2D eigenvalue weighted by Gasteiger charge is 2.25. The van der Waals surface area contributed by atoms with Crippen molar-refractivity contribution in [2.75, 3.05) is 19.0 Å². The molecule has 1 amide bonds. The minimum atomic E-state index is 0.0217. The minimum absolute atomic E-state index is 0.0217. The van der Waals surface area contributed by atoms with Crippen molar-refractivity contribution in [1.82, 2.24) is 9.88 Å². The summed E-state index contributed by atoms with van der Waals surface area (Å²) >= 11 is 0. The van der Waals surface area contributed by atoms with Crippen molar-refractivity contribution < 1.29 is 9.53 Å². The second kappa shape index (κ2) is 8.01. The Labute approximate surface area is 149 Å². The standard InChI is InChI=1S/C20H25N3O2/c1-3-25-17-12-10-15(11-13-17)22-19-18(9-6-14-21-19)20(24)23(2)16-7-4-5-8-16/h6,9-14,16H,3-5,7-8H2,1-2H3,(H,21,22). The summed E-state index contributed by atoms with van der Waals surface area (Å²) in [6.07, 6.45) is 6.27. The Kier molecular flexibility index (Phi) is 5.53. The van der Waals surface area contributed by atoms with Crippen molar-refractivity contribution in [2.24, 2.45) is 0 Å². The van der Waals surface area contributed by atoms with Gasteiger partial charge in [-0.3, -0.25) is 4.79 Å². The molecule has 132 valence electrons. The van der Waals surface area contributed by atoms with E-state index in [0.717, 1.165) is 24.3 Å². The number of hydrogen-bond acceptors (Lipinski definition) is 4. The lowest BCUT2D eigenvalue weighted by molar-refractivity contribution is 0.0736. The molecule has 2 aromatic rings. The van der Waals surface area contributed by atoms with Gasteiger partial charge in [-0.2, -0.15) is 0 Å². The Hall–Kier alpha value is -2.56. The van der Waals surface area contributed by atoms with Crippen molar-refractivity contribution >= 4 is 17.4 Å². The van der Waals surface area contributed by atoms with E-state index in [2.05, 4.69) is 10.3 Å². The third-order valence-electron chi connectivity index (χ3n) is 4.66. The van der Waals surface area contributed by atoms with Gasteiger partial charge in [-0.05, 0) is 56.2 Å². The summed E-state index contributed by atoms with van der Waals surface area (Å²) < 4.78 is 5.46. The van der Waals surface area contributed by atoms with Crippen LogP contribution in [0.4, 0.5) is 11.5 Å². The monoisotopic (exact) mass is 339 g/mol. The van der Waals surface area contributed by atoms with E-state index in [4.69, 9.17) is 4.74 Å². The molecule has 1 N–H and O–H groups in total. The van der Waals surface area contributed by atoms with Gasteiger partial charge in [0, 0.05) is 25.0 Å². The van der Waals surface area contributed by atoms with E-state index < -0.39 is 0 Å². The number of pyridine rings is 1. The molecule has 5 heteroatoms. The Morgan fingerprint density at radius 1 is 1.24 bits per heavy atom. The average molecular weight is 339 g/mol. The lowest BCUT2D eigenvalue weighted by Gasteiger charge is -2.25. The van der Waals surface area contributed by atoms with Crippen LogP contribution < -0.4 is 10.1 Å². The molecule has 0 atom stereocenters. The molecule has 3 rings (SSSR count). The zero-order valence-electron chi connectivity index (χ0n) is 14.9. The van der Waals surface area contributed by atoms with Gasteiger partial charge >= 0.3 is 0 Å². The summed E-state index contributed by atoms with van der Waals surface area (Å²) in [4.78, 5) is 19.1. The summed E-state index contributed by atoms with van der Waals surface area (Å²) in [6, 6.07) is 11.6. The van der Waals surface area contributed by atoms with E-state index >= 15 is 0 Å². The molecule has 1 aliphatic carbocycles. The van der Waals surface area contributed by atoms with Crippen LogP contribution in [0.5, 0.6) is 5.75 Å². The molecule has 1 saturated carbocycles. The molecule has 1 fully saturated rings. The molecule has 1 aliphatic rings. The van der Waals surface area contributed by atoms with Gasteiger partial charge < -0.3 is 15.0 Å². The number of hydrogen-bond donors (Lipinski definition) is 1. The van der Waals surface area contributed by atoms with Gasteiger partial charge in [-0.15, -0.1) is 0 Å². The number of anilines is 2. The zero-order chi connectivity index (χ0) is 17.6. The van der Waals surface area contributed by atoms with Crippen molar-refractivity contribution in [3.63, 3.8) is 0 Å². The van der Waals surface area contributed by atoms with Gasteiger partial charge in [0.15, 0.2) is 0 Å². The average Bonchev–Trinajstić information content (AvgIpc) is 3.17. The molecule has 0 radical (unpaired) electrons. The van der Waals surface area contributed by atoms with Crippen LogP contribution in [-0.2, 0) is 0 Å². The second-order valence-electron chi connectivity index (χ2n) is 6.34. The smallest absolute Gasteiger partial charge is 0.257 e. The van der Waals surface area contributed by atoms with Crippen molar-refractivity contribution in [3.05, 3.63) is 48.2 Å². The van der Waals surface area contributed by atoms with Crippen LogP contribution in [0.15, 0.2) is 42.6 Å². The van der Waals surface area contributed by atoms with Gasteiger partial charge in [0.25, 0.3) is 5.91 Å². The maximum absolute atomic E-state index is 12.9. The third-order valence-corrected chi connectivity index (χ3v) is 4.66. The topological polar surface area (TPSA) is 54.5 Å². The number of nitrogens with one attached hydrogen (secondary N) is 1. The minimum Gasteiger partial charge on any atom is -0.494 e. The first-order valence-corrected chi connectivity index (χ1v) is 8.91. The number of nitrogens with zero attached hydrogens (tertiary/aromatic N) is 2. The van der Waals surface area contributed by atoms with Crippen molar-refractivity contribution in [3.8, 4) is 5.75 Å². The first kappa shape index (κ1) is 17.3. The fourth-order valence-corrected chi connectivity index (χ4v) is 3.26. The molecule has 1 aromatic carbocycles. The first-order valence-electron chi connectivity index (χ1n) is 8.91. The summed E-state index contributed by atoms with van der Waals surface area (Å²) in [6.45, 7) is 2.60. The molecule has 0 spiro atoms. The van der Waals surface area contributed by atoms with Crippen LogP contribution in [-0.4, -0.2) is 35.5 Å². The van der Waals surface area contributed by atoms with Crippen LogP contribution in [0.1, 0.15) is 43.0 Å². The predicted molar refractivity (Wildman–Crippen MR) is 99.5 cm³/mol. The Balaban J connectivity index is 1.77. The molecule has 0 bridgehead atoms. The second-order valence-corrected chi connectivity index (χ2v) is 6.34. The molecule has 1 aromatic heterocycles. The largest absolute Gasteiger partial charge is 0.494 e. The zero-order valence-corrected chi connectivity index (χ0v) is 14.9. The Morgan fingerprint density at radius 3 is 2.64 bits per heavy atom. The highest BCUT2D eigenvalue weighted by atomic mass is 16.5. The van der Waals surface area contributed by atoms with Gasteiger partial charge in [0.1, 0.15) is 11.6 Å². The van der Waals surface area contributed by atoms with Crippen molar-refractivity contribution in [1.29, 1.82) is 0 Å². The van der Waals surface area contributed by atoms with Crippen molar-refractivity contribution in [2.45, 2.75) is 38.6 Å². The van der Waals surface area contributed by atoms with E-state index in [1.807, 2.05) is 49.2 Å². The Bertz CT molecular complexity index is 709. The molecule has 0 aliphatic heterocycles. The van der Waals surface area contributed by atoms with Gasteiger partial charge in [-0.25, -0.2) is 4.98 Å². The fourth-order valence-electron chi connectivity index (χ4n) is 3.26. The first-order chi connectivity index (χ1) is 12.2. The molecule has 1 heterocycles. The van der Waals surface area contributed by atoms with Gasteiger partial charge in [-0.1, -0.05) is 12.8 Å². The molecule has 25 heavy (non-hydrogen) atoms. The molecular weight excluding hydrogens is 314 g/mol.